The topological polar surface area (TPSA) is 41.6 Å². The minimum Gasteiger partial charge on any atom is -0.467 e. The Kier molecular flexibility index (Phi) is 6.17. The first kappa shape index (κ1) is 16.7. The predicted octanol–water partition coefficient (Wildman–Crippen LogP) is 2.00. The third kappa shape index (κ3) is 3.81. The van der Waals surface area contributed by atoms with E-state index in [1.165, 1.54) is 7.11 Å². The fourth-order valence-electron chi connectivity index (χ4n) is 2.37. The highest BCUT2D eigenvalue weighted by Crippen LogP contribution is 2.25. The fourth-order valence-corrected chi connectivity index (χ4v) is 2.37. The first-order valence-electron chi connectivity index (χ1n) is 7.06. The lowest BCUT2D eigenvalue weighted by Crippen LogP contribution is -2.58. The van der Waals surface area contributed by atoms with E-state index in [2.05, 4.69) is 17.1 Å². The molecular formula is C16H26N2O2. The van der Waals surface area contributed by atoms with Crippen molar-refractivity contribution >= 4 is 5.97 Å². The van der Waals surface area contributed by atoms with Crippen LogP contribution in [-0.2, 0) is 15.1 Å². The van der Waals surface area contributed by atoms with Gasteiger partial charge in [-0.05, 0) is 33.0 Å². The molecule has 4 nitrogen and oxygen atoms in total. The second-order valence-electron chi connectivity index (χ2n) is 5.39. The Balaban J connectivity index is 3.29. The van der Waals surface area contributed by atoms with E-state index in [9.17, 15) is 4.79 Å². The van der Waals surface area contributed by atoms with Gasteiger partial charge in [0, 0.05) is 12.6 Å². The Morgan fingerprint density at radius 2 is 1.95 bits per heavy atom. The summed E-state index contributed by atoms with van der Waals surface area (Å²) in [4.78, 5) is 14.6. The summed E-state index contributed by atoms with van der Waals surface area (Å²) < 4.78 is 5.09. The van der Waals surface area contributed by atoms with Gasteiger partial charge < -0.3 is 9.64 Å². The van der Waals surface area contributed by atoms with Gasteiger partial charge in [0.05, 0.1) is 7.11 Å². The lowest BCUT2D eigenvalue weighted by molar-refractivity contribution is -0.150. The highest BCUT2D eigenvalue weighted by Gasteiger charge is 2.42. The third-order valence-electron chi connectivity index (χ3n) is 3.38. The summed E-state index contributed by atoms with van der Waals surface area (Å²) in [6, 6.07) is 9.94. The standard InChI is InChI=1S/C16H26N2O2/c1-6-18(4)12-16(15(19)20-5,17-13(2)3)14-10-8-7-9-11-14/h7-11,13,17H,6,12H2,1-5H3. The predicted molar refractivity (Wildman–Crippen MR) is 81.6 cm³/mol. The van der Waals surface area contributed by atoms with E-state index >= 15 is 0 Å². The van der Waals surface area contributed by atoms with Crippen LogP contribution < -0.4 is 5.32 Å². The molecular weight excluding hydrogens is 252 g/mol. The first-order valence-corrected chi connectivity index (χ1v) is 7.06. The summed E-state index contributed by atoms with van der Waals surface area (Å²) in [5.74, 6) is -0.252. The molecule has 0 saturated heterocycles. The van der Waals surface area contributed by atoms with Crippen LogP contribution in [0.1, 0.15) is 26.3 Å². The van der Waals surface area contributed by atoms with Crippen molar-refractivity contribution in [2.45, 2.75) is 32.4 Å². The zero-order valence-electron chi connectivity index (χ0n) is 13.1. The van der Waals surface area contributed by atoms with Gasteiger partial charge in [0.2, 0.25) is 0 Å². The molecule has 1 unspecified atom stereocenters. The Hall–Kier alpha value is -1.39. The van der Waals surface area contributed by atoms with Crippen molar-refractivity contribution in [2.24, 2.45) is 0 Å². The number of carbonyl (C=O) groups excluding carboxylic acids is 1. The monoisotopic (exact) mass is 278 g/mol. The molecule has 1 aromatic carbocycles. The molecule has 0 aromatic heterocycles. The zero-order chi connectivity index (χ0) is 15.2. The van der Waals surface area contributed by atoms with Crippen molar-refractivity contribution in [3.63, 3.8) is 0 Å². The van der Waals surface area contributed by atoms with Crippen LogP contribution >= 0.6 is 0 Å². The first-order chi connectivity index (χ1) is 9.46. The van der Waals surface area contributed by atoms with E-state index in [0.717, 1.165) is 12.1 Å². The van der Waals surface area contributed by atoms with Gasteiger partial charge in [-0.2, -0.15) is 0 Å². The number of hydrogen-bond acceptors (Lipinski definition) is 4. The lowest BCUT2D eigenvalue weighted by Gasteiger charge is -2.37. The van der Waals surface area contributed by atoms with E-state index in [1.807, 2.05) is 51.2 Å². The SMILES string of the molecule is CCN(C)CC(NC(C)C)(C(=O)OC)c1ccccc1. The van der Waals surface area contributed by atoms with E-state index in [4.69, 9.17) is 4.74 Å². The number of ether oxygens (including phenoxy) is 1. The van der Waals surface area contributed by atoms with Crippen molar-refractivity contribution in [1.29, 1.82) is 0 Å². The largest absolute Gasteiger partial charge is 0.467 e. The van der Waals surface area contributed by atoms with Crippen molar-refractivity contribution in [1.82, 2.24) is 10.2 Å². The quantitative estimate of drug-likeness (QED) is 0.775. The summed E-state index contributed by atoms with van der Waals surface area (Å²) >= 11 is 0. The summed E-state index contributed by atoms with van der Waals surface area (Å²) in [7, 11) is 3.44. The molecule has 1 N–H and O–H groups in total. The van der Waals surface area contributed by atoms with Gasteiger partial charge >= 0.3 is 5.97 Å². The number of benzene rings is 1. The number of methoxy groups -OCH3 is 1. The fraction of sp³-hybridized carbons (Fsp3) is 0.562. The molecule has 0 spiro atoms. The summed E-state index contributed by atoms with van der Waals surface area (Å²) in [5, 5.41) is 3.41. The molecule has 20 heavy (non-hydrogen) atoms. The van der Waals surface area contributed by atoms with Crippen LogP contribution in [0.15, 0.2) is 30.3 Å². The minimum atomic E-state index is -0.838. The minimum absolute atomic E-state index is 0.166. The average Bonchev–Trinajstić information content (AvgIpc) is 2.45. The smallest absolute Gasteiger partial charge is 0.332 e. The molecule has 0 aliphatic heterocycles. The molecule has 0 heterocycles. The summed E-state index contributed by atoms with van der Waals surface area (Å²) in [6.07, 6.45) is 0. The van der Waals surface area contributed by atoms with Crippen molar-refractivity contribution in [2.75, 3.05) is 27.2 Å². The molecule has 0 aliphatic carbocycles. The van der Waals surface area contributed by atoms with Gasteiger partial charge in [-0.15, -0.1) is 0 Å². The Morgan fingerprint density at radius 1 is 1.35 bits per heavy atom. The number of carbonyl (C=O) groups is 1. The third-order valence-corrected chi connectivity index (χ3v) is 3.38. The van der Waals surface area contributed by atoms with Crippen LogP contribution in [0.4, 0.5) is 0 Å². The van der Waals surface area contributed by atoms with Crippen LogP contribution in [0.5, 0.6) is 0 Å². The number of hydrogen-bond donors (Lipinski definition) is 1. The van der Waals surface area contributed by atoms with E-state index < -0.39 is 5.54 Å². The van der Waals surface area contributed by atoms with Gasteiger partial charge in [-0.1, -0.05) is 37.3 Å². The second-order valence-corrected chi connectivity index (χ2v) is 5.39. The Bertz CT molecular complexity index is 420. The van der Waals surface area contributed by atoms with Crippen LogP contribution in [0.2, 0.25) is 0 Å². The van der Waals surface area contributed by atoms with Crippen molar-refractivity contribution < 1.29 is 9.53 Å². The van der Waals surface area contributed by atoms with E-state index in [1.54, 1.807) is 0 Å². The molecule has 112 valence electrons. The zero-order valence-corrected chi connectivity index (χ0v) is 13.1. The van der Waals surface area contributed by atoms with Crippen LogP contribution in [0, 0.1) is 0 Å². The number of nitrogens with zero attached hydrogens (tertiary/aromatic N) is 1. The van der Waals surface area contributed by atoms with Crippen LogP contribution in [-0.4, -0.2) is 44.2 Å². The van der Waals surface area contributed by atoms with Crippen LogP contribution in [0.3, 0.4) is 0 Å². The molecule has 1 aromatic rings. The average molecular weight is 278 g/mol. The Morgan fingerprint density at radius 3 is 2.40 bits per heavy atom. The number of esters is 1. The van der Waals surface area contributed by atoms with Gasteiger partial charge in [-0.3, -0.25) is 5.32 Å². The number of rotatable bonds is 7. The number of nitrogens with one attached hydrogen (secondary N) is 1. The maximum Gasteiger partial charge on any atom is 0.332 e. The van der Waals surface area contributed by atoms with Crippen molar-refractivity contribution in [3.8, 4) is 0 Å². The molecule has 1 rings (SSSR count). The van der Waals surface area contributed by atoms with E-state index in [-0.39, 0.29) is 12.0 Å². The van der Waals surface area contributed by atoms with E-state index in [0.29, 0.717) is 6.54 Å². The maximum atomic E-state index is 12.5. The molecule has 0 radical (unpaired) electrons. The molecule has 0 fully saturated rings. The second kappa shape index (κ2) is 7.41. The van der Waals surface area contributed by atoms with Gasteiger partial charge in [0.1, 0.15) is 0 Å². The van der Waals surface area contributed by atoms with Gasteiger partial charge in [0.15, 0.2) is 5.54 Å². The summed E-state index contributed by atoms with van der Waals surface area (Å²) in [5.41, 5.74) is 0.0930. The molecule has 1 atom stereocenters. The highest BCUT2D eigenvalue weighted by molar-refractivity contribution is 5.83. The van der Waals surface area contributed by atoms with Crippen LogP contribution in [0.25, 0.3) is 0 Å². The molecule has 0 amide bonds. The highest BCUT2D eigenvalue weighted by atomic mass is 16.5. The number of likely N-dealkylation sites (N-methyl/N-ethyl adjacent to an activating group) is 1. The normalized spacial score (nSPS) is 14.3. The van der Waals surface area contributed by atoms with Gasteiger partial charge in [0.25, 0.3) is 0 Å². The van der Waals surface area contributed by atoms with Gasteiger partial charge in [-0.25, -0.2) is 4.79 Å². The molecule has 4 heteroatoms. The Labute approximate surface area is 122 Å². The van der Waals surface area contributed by atoms with Crippen molar-refractivity contribution in [3.05, 3.63) is 35.9 Å². The maximum absolute atomic E-state index is 12.5. The molecule has 0 aliphatic rings. The summed E-state index contributed by atoms with van der Waals surface area (Å²) in [6.45, 7) is 7.57. The molecule has 0 saturated carbocycles. The lowest BCUT2D eigenvalue weighted by atomic mass is 9.88. The molecule has 0 bridgehead atoms.